The summed E-state index contributed by atoms with van der Waals surface area (Å²) in [5, 5.41) is 3.07. The Bertz CT molecular complexity index is 433. The molecule has 3 nitrogen and oxygen atoms in total. The number of hydrogen-bond donors (Lipinski definition) is 1. The molecule has 0 amide bonds. The summed E-state index contributed by atoms with van der Waals surface area (Å²) >= 11 is 0. The van der Waals surface area contributed by atoms with Gasteiger partial charge in [-0.25, -0.2) is 4.39 Å². The second-order valence-electron chi connectivity index (χ2n) is 5.76. The maximum absolute atomic E-state index is 13.7. The molecule has 106 valence electrons. The lowest BCUT2D eigenvalue weighted by Gasteiger charge is -2.23. The Morgan fingerprint density at radius 2 is 2.05 bits per heavy atom. The van der Waals surface area contributed by atoms with Gasteiger partial charge in [0.25, 0.3) is 0 Å². The molecule has 1 aliphatic rings. The van der Waals surface area contributed by atoms with Crippen LogP contribution in [0.5, 0.6) is 0 Å². The number of hydrogen-bond acceptors (Lipinski definition) is 3. The van der Waals surface area contributed by atoms with Crippen molar-refractivity contribution in [1.29, 1.82) is 0 Å². The molecule has 1 heterocycles. The quantitative estimate of drug-likeness (QED) is 0.897. The predicted molar refractivity (Wildman–Crippen MR) is 78.0 cm³/mol. The molecular weight excluding hydrogens is 241 g/mol. The highest BCUT2D eigenvalue weighted by Gasteiger charge is 2.31. The van der Waals surface area contributed by atoms with Crippen molar-refractivity contribution in [3.63, 3.8) is 0 Å². The lowest BCUT2D eigenvalue weighted by atomic mass is 10.1. The van der Waals surface area contributed by atoms with Gasteiger partial charge in [-0.3, -0.25) is 0 Å². The third-order valence-electron chi connectivity index (χ3n) is 3.92. The highest BCUT2D eigenvalue weighted by molar-refractivity contribution is 5.50. The fourth-order valence-corrected chi connectivity index (χ4v) is 2.95. The minimum absolute atomic E-state index is 0.149. The van der Waals surface area contributed by atoms with Gasteiger partial charge in [0.05, 0.1) is 0 Å². The van der Waals surface area contributed by atoms with Crippen molar-refractivity contribution in [2.75, 3.05) is 39.1 Å². The number of nitrogens with zero attached hydrogens (tertiary/aromatic N) is 2. The number of halogens is 1. The van der Waals surface area contributed by atoms with Crippen molar-refractivity contribution in [3.05, 3.63) is 29.6 Å². The van der Waals surface area contributed by atoms with Gasteiger partial charge >= 0.3 is 0 Å². The normalized spacial score (nSPS) is 23.4. The molecule has 0 saturated carbocycles. The van der Waals surface area contributed by atoms with Crippen LogP contribution in [-0.4, -0.2) is 45.2 Å². The van der Waals surface area contributed by atoms with Crippen molar-refractivity contribution in [3.8, 4) is 0 Å². The first-order chi connectivity index (χ1) is 9.01. The maximum atomic E-state index is 13.7. The van der Waals surface area contributed by atoms with Crippen LogP contribution < -0.4 is 10.2 Å². The lowest BCUT2D eigenvalue weighted by molar-refractivity contribution is 0.266. The van der Waals surface area contributed by atoms with Gasteiger partial charge in [-0.05, 0) is 50.8 Å². The van der Waals surface area contributed by atoms with Gasteiger partial charge in [-0.15, -0.1) is 0 Å². The molecule has 0 bridgehead atoms. The van der Waals surface area contributed by atoms with Crippen molar-refractivity contribution < 1.29 is 4.39 Å². The van der Waals surface area contributed by atoms with Crippen LogP contribution >= 0.6 is 0 Å². The Morgan fingerprint density at radius 1 is 1.32 bits per heavy atom. The van der Waals surface area contributed by atoms with E-state index in [4.69, 9.17) is 0 Å². The summed E-state index contributed by atoms with van der Waals surface area (Å²) < 4.78 is 13.7. The van der Waals surface area contributed by atoms with E-state index in [1.54, 1.807) is 12.1 Å². The van der Waals surface area contributed by atoms with E-state index < -0.39 is 0 Å². The van der Waals surface area contributed by atoms with E-state index in [0.29, 0.717) is 18.5 Å². The molecule has 1 aliphatic heterocycles. The SMILES string of the molecule is CNCc1cc(F)cc(N2CC(C)C(N(C)C)C2)c1. The number of nitrogens with one attached hydrogen (secondary N) is 1. The average molecular weight is 265 g/mol. The first-order valence-electron chi connectivity index (χ1n) is 6.86. The van der Waals surface area contributed by atoms with Gasteiger partial charge < -0.3 is 15.1 Å². The predicted octanol–water partition coefficient (Wildman–Crippen LogP) is 1.93. The first-order valence-corrected chi connectivity index (χ1v) is 6.86. The van der Waals surface area contributed by atoms with Crippen LogP contribution in [0.15, 0.2) is 18.2 Å². The van der Waals surface area contributed by atoms with E-state index in [1.807, 2.05) is 7.05 Å². The molecule has 0 aliphatic carbocycles. The van der Waals surface area contributed by atoms with E-state index in [-0.39, 0.29) is 5.82 Å². The third-order valence-corrected chi connectivity index (χ3v) is 3.92. The monoisotopic (exact) mass is 265 g/mol. The molecular formula is C15H24FN3. The van der Waals surface area contributed by atoms with Crippen molar-refractivity contribution in [2.24, 2.45) is 5.92 Å². The van der Waals surface area contributed by atoms with E-state index in [9.17, 15) is 4.39 Å². The van der Waals surface area contributed by atoms with E-state index in [0.717, 1.165) is 24.3 Å². The summed E-state index contributed by atoms with van der Waals surface area (Å²) in [7, 11) is 6.11. The lowest BCUT2D eigenvalue weighted by Crippen LogP contribution is -2.34. The van der Waals surface area contributed by atoms with Crippen LogP contribution in [0.3, 0.4) is 0 Å². The summed E-state index contributed by atoms with van der Waals surface area (Å²) in [6.45, 7) is 4.92. The van der Waals surface area contributed by atoms with Crippen LogP contribution in [0.4, 0.5) is 10.1 Å². The molecule has 0 spiro atoms. The third kappa shape index (κ3) is 3.25. The fraction of sp³-hybridized carbons (Fsp3) is 0.600. The Balaban J connectivity index is 2.18. The molecule has 0 aromatic heterocycles. The van der Waals surface area contributed by atoms with E-state index >= 15 is 0 Å². The summed E-state index contributed by atoms with van der Waals surface area (Å²) in [6.07, 6.45) is 0. The molecule has 0 radical (unpaired) electrons. The van der Waals surface area contributed by atoms with Crippen LogP contribution in [0.2, 0.25) is 0 Å². The molecule has 1 aromatic carbocycles. The van der Waals surface area contributed by atoms with Gasteiger partial charge in [0.2, 0.25) is 0 Å². The zero-order chi connectivity index (χ0) is 14.0. The highest BCUT2D eigenvalue weighted by atomic mass is 19.1. The van der Waals surface area contributed by atoms with Gasteiger partial charge in [0.15, 0.2) is 0 Å². The maximum Gasteiger partial charge on any atom is 0.125 e. The molecule has 4 heteroatoms. The van der Waals surface area contributed by atoms with Crippen molar-refractivity contribution in [1.82, 2.24) is 10.2 Å². The highest BCUT2D eigenvalue weighted by Crippen LogP contribution is 2.27. The number of anilines is 1. The second-order valence-corrected chi connectivity index (χ2v) is 5.76. The average Bonchev–Trinajstić information content (AvgIpc) is 2.71. The van der Waals surface area contributed by atoms with Crippen LogP contribution in [0.25, 0.3) is 0 Å². The fourth-order valence-electron chi connectivity index (χ4n) is 2.95. The standard InChI is InChI=1S/C15H24FN3/c1-11-9-19(10-15(11)18(3)4)14-6-12(8-17-2)5-13(16)7-14/h5-7,11,15,17H,8-10H2,1-4H3. The summed E-state index contributed by atoms with van der Waals surface area (Å²) in [4.78, 5) is 4.55. The molecule has 1 aromatic rings. The van der Waals surface area contributed by atoms with Gasteiger partial charge in [-0.1, -0.05) is 6.92 Å². The Morgan fingerprint density at radius 3 is 2.63 bits per heavy atom. The van der Waals surface area contributed by atoms with Crippen LogP contribution in [0, 0.1) is 11.7 Å². The topological polar surface area (TPSA) is 18.5 Å². The second kappa shape index (κ2) is 5.88. The van der Waals surface area contributed by atoms with Crippen LogP contribution in [-0.2, 0) is 6.54 Å². The summed E-state index contributed by atoms with van der Waals surface area (Å²) in [5.41, 5.74) is 2.00. The first kappa shape index (κ1) is 14.3. The molecule has 1 saturated heterocycles. The minimum Gasteiger partial charge on any atom is -0.370 e. The zero-order valence-electron chi connectivity index (χ0n) is 12.3. The smallest absolute Gasteiger partial charge is 0.125 e. The Kier molecular flexibility index (Phi) is 4.42. The van der Waals surface area contributed by atoms with Crippen LogP contribution in [0.1, 0.15) is 12.5 Å². The van der Waals surface area contributed by atoms with Crippen molar-refractivity contribution >= 4 is 5.69 Å². The molecule has 1 N–H and O–H groups in total. The summed E-state index contributed by atoms with van der Waals surface area (Å²) in [6, 6.07) is 5.87. The van der Waals surface area contributed by atoms with Crippen molar-refractivity contribution in [2.45, 2.75) is 19.5 Å². The molecule has 2 unspecified atom stereocenters. The molecule has 2 atom stereocenters. The van der Waals surface area contributed by atoms with Gasteiger partial charge in [0.1, 0.15) is 5.82 Å². The summed E-state index contributed by atoms with van der Waals surface area (Å²) in [5.74, 6) is 0.453. The zero-order valence-corrected chi connectivity index (χ0v) is 12.3. The Hall–Kier alpha value is -1.13. The molecule has 2 rings (SSSR count). The van der Waals surface area contributed by atoms with Gasteiger partial charge in [-0.2, -0.15) is 0 Å². The molecule has 19 heavy (non-hydrogen) atoms. The largest absolute Gasteiger partial charge is 0.370 e. The number of rotatable bonds is 4. The van der Waals surface area contributed by atoms with E-state index in [1.165, 1.54) is 0 Å². The number of likely N-dealkylation sites (N-methyl/N-ethyl adjacent to an activating group) is 1. The minimum atomic E-state index is -0.149. The Labute approximate surface area is 115 Å². The molecule has 1 fully saturated rings. The number of benzene rings is 1. The van der Waals surface area contributed by atoms with E-state index in [2.05, 4.69) is 42.2 Å². The van der Waals surface area contributed by atoms with Gasteiger partial charge in [0, 0.05) is 31.4 Å².